The Bertz CT molecular complexity index is 658. The lowest BCUT2D eigenvalue weighted by atomic mass is 10.0. The second-order valence-corrected chi connectivity index (χ2v) is 4.57. The van der Waals surface area contributed by atoms with Gasteiger partial charge in [-0.2, -0.15) is 0 Å². The molecule has 0 aliphatic rings. The summed E-state index contributed by atoms with van der Waals surface area (Å²) in [6.45, 7) is 2.08. The molecule has 0 aromatic heterocycles. The van der Waals surface area contributed by atoms with Gasteiger partial charge in [-0.15, -0.1) is 0 Å². The van der Waals surface area contributed by atoms with Gasteiger partial charge in [-0.25, -0.2) is 4.39 Å². The molecule has 2 rings (SSSR count). The van der Waals surface area contributed by atoms with Crippen LogP contribution in [0, 0.1) is 5.82 Å². The van der Waals surface area contributed by atoms with Crippen LogP contribution in [0.3, 0.4) is 0 Å². The topological polar surface area (TPSA) is 52.3 Å². The van der Waals surface area contributed by atoms with E-state index in [9.17, 15) is 9.18 Å². The maximum absolute atomic E-state index is 13.2. The van der Waals surface area contributed by atoms with Gasteiger partial charge < -0.3 is 10.5 Å². The molecule has 2 N–H and O–H groups in total. The lowest BCUT2D eigenvalue weighted by Crippen LogP contribution is -2.08. The van der Waals surface area contributed by atoms with Gasteiger partial charge in [-0.1, -0.05) is 11.6 Å². The third-order valence-corrected chi connectivity index (χ3v) is 2.98. The van der Waals surface area contributed by atoms with Crippen LogP contribution in [0.2, 0.25) is 5.02 Å². The SMILES string of the molecule is CCOc1cc(F)ccc1C(=O)c1cc(Cl)ccc1N. The van der Waals surface area contributed by atoms with E-state index < -0.39 is 5.82 Å². The zero-order valence-electron chi connectivity index (χ0n) is 10.8. The molecule has 0 fully saturated rings. The van der Waals surface area contributed by atoms with Gasteiger partial charge in [-0.3, -0.25) is 4.79 Å². The van der Waals surface area contributed by atoms with E-state index in [-0.39, 0.29) is 22.7 Å². The molecule has 0 radical (unpaired) electrons. The van der Waals surface area contributed by atoms with Crippen LogP contribution in [0.1, 0.15) is 22.8 Å². The minimum atomic E-state index is -0.468. The minimum absolute atomic E-state index is 0.192. The summed E-state index contributed by atoms with van der Waals surface area (Å²) in [7, 11) is 0. The second-order valence-electron chi connectivity index (χ2n) is 4.13. The van der Waals surface area contributed by atoms with Crippen LogP contribution >= 0.6 is 11.6 Å². The molecule has 0 bridgehead atoms. The number of nitrogens with two attached hydrogens (primary N) is 1. The molecule has 3 nitrogen and oxygen atoms in total. The number of carbonyl (C=O) groups excluding carboxylic acids is 1. The van der Waals surface area contributed by atoms with Crippen LogP contribution in [0.15, 0.2) is 36.4 Å². The Morgan fingerprint density at radius 1 is 1.25 bits per heavy atom. The van der Waals surface area contributed by atoms with E-state index in [0.29, 0.717) is 17.3 Å². The normalized spacial score (nSPS) is 10.3. The van der Waals surface area contributed by atoms with Crippen molar-refractivity contribution < 1.29 is 13.9 Å². The molecule has 104 valence electrons. The Morgan fingerprint density at radius 2 is 2.00 bits per heavy atom. The lowest BCUT2D eigenvalue weighted by Gasteiger charge is -2.11. The quantitative estimate of drug-likeness (QED) is 0.691. The Balaban J connectivity index is 2.50. The summed E-state index contributed by atoms with van der Waals surface area (Å²) < 4.78 is 18.5. The number of hydrogen-bond donors (Lipinski definition) is 1. The number of nitrogen functional groups attached to an aromatic ring is 1. The van der Waals surface area contributed by atoms with Gasteiger partial charge in [0.1, 0.15) is 11.6 Å². The van der Waals surface area contributed by atoms with E-state index in [4.69, 9.17) is 22.1 Å². The van der Waals surface area contributed by atoms with Crippen molar-refractivity contribution in [2.45, 2.75) is 6.92 Å². The predicted molar refractivity (Wildman–Crippen MR) is 76.9 cm³/mol. The van der Waals surface area contributed by atoms with Crippen LogP contribution in [0.5, 0.6) is 5.75 Å². The van der Waals surface area contributed by atoms with Crippen molar-refractivity contribution in [3.8, 4) is 5.75 Å². The van der Waals surface area contributed by atoms with Gasteiger partial charge in [-0.05, 0) is 37.3 Å². The summed E-state index contributed by atoms with van der Waals surface area (Å²) in [5, 5.41) is 0.405. The standard InChI is InChI=1S/C15H13ClFNO2/c1-2-20-14-8-10(17)4-5-11(14)15(19)12-7-9(16)3-6-13(12)18/h3-8H,2,18H2,1H3. The first kappa shape index (κ1) is 14.3. The van der Waals surface area contributed by atoms with Crippen molar-refractivity contribution in [2.24, 2.45) is 0 Å². The van der Waals surface area contributed by atoms with Crippen molar-refractivity contribution in [1.29, 1.82) is 0 Å². The summed E-state index contributed by atoms with van der Waals surface area (Å²) in [4.78, 5) is 12.5. The zero-order valence-corrected chi connectivity index (χ0v) is 11.6. The highest BCUT2D eigenvalue weighted by atomic mass is 35.5. The van der Waals surface area contributed by atoms with Crippen LogP contribution in [0.25, 0.3) is 0 Å². The van der Waals surface area contributed by atoms with Crippen LogP contribution in [0.4, 0.5) is 10.1 Å². The number of ketones is 1. The third kappa shape index (κ3) is 2.91. The first-order chi connectivity index (χ1) is 9.52. The summed E-state index contributed by atoms with van der Waals surface area (Å²) in [6, 6.07) is 8.40. The minimum Gasteiger partial charge on any atom is -0.493 e. The average molecular weight is 294 g/mol. The van der Waals surface area contributed by atoms with E-state index in [0.717, 1.165) is 0 Å². The molecule has 2 aromatic rings. The monoisotopic (exact) mass is 293 g/mol. The number of carbonyl (C=O) groups is 1. The largest absolute Gasteiger partial charge is 0.493 e. The molecule has 5 heteroatoms. The molecule has 0 heterocycles. The Morgan fingerprint density at radius 3 is 2.70 bits per heavy atom. The van der Waals surface area contributed by atoms with Crippen molar-refractivity contribution >= 4 is 23.1 Å². The van der Waals surface area contributed by atoms with Gasteiger partial charge >= 0.3 is 0 Å². The van der Waals surface area contributed by atoms with Gasteiger partial charge in [0, 0.05) is 22.3 Å². The summed E-state index contributed by atoms with van der Waals surface area (Å²) in [5.74, 6) is -0.630. The van der Waals surface area contributed by atoms with E-state index >= 15 is 0 Å². The number of rotatable bonds is 4. The molecule has 0 saturated heterocycles. The summed E-state index contributed by atoms with van der Waals surface area (Å²) >= 11 is 5.88. The fraction of sp³-hybridized carbons (Fsp3) is 0.133. The fourth-order valence-electron chi connectivity index (χ4n) is 1.83. The number of halogens is 2. The Kier molecular flexibility index (Phi) is 4.25. The van der Waals surface area contributed by atoms with Gasteiger partial charge in [0.05, 0.1) is 12.2 Å². The molecule has 0 saturated carbocycles. The maximum Gasteiger partial charge on any atom is 0.198 e. The van der Waals surface area contributed by atoms with Gasteiger partial charge in [0.15, 0.2) is 5.78 Å². The summed E-state index contributed by atoms with van der Waals surface area (Å²) in [5.41, 5.74) is 6.62. The van der Waals surface area contributed by atoms with Crippen molar-refractivity contribution in [3.63, 3.8) is 0 Å². The number of benzene rings is 2. The smallest absolute Gasteiger partial charge is 0.198 e. The molecular weight excluding hydrogens is 281 g/mol. The van der Waals surface area contributed by atoms with Crippen molar-refractivity contribution in [3.05, 3.63) is 58.4 Å². The fourth-order valence-corrected chi connectivity index (χ4v) is 2.00. The highest BCUT2D eigenvalue weighted by Crippen LogP contribution is 2.27. The van der Waals surface area contributed by atoms with Crippen LogP contribution in [-0.4, -0.2) is 12.4 Å². The van der Waals surface area contributed by atoms with E-state index in [1.54, 1.807) is 19.1 Å². The molecule has 0 spiro atoms. The molecule has 20 heavy (non-hydrogen) atoms. The summed E-state index contributed by atoms with van der Waals surface area (Å²) in [6.07, 6.45) is 0. The molecule has 0 aliphatic heterocycles. The van der Waals surface area contributed by atoms with Crippen LogP contribution < -0.4 is 10.5 Å². The molecule has 2 aromatic carbocycles. The molecule has 0 atom stereocenters. The third-order valence-electron chi connectivity index (χ3n) is 2.75. The molecular formula is C15H13ClFNO2. The first-order valence-electron chi connectivity index (χ1n) is 6.05. The average Bonchev–Trinajstić information content (AvgIpc) is 2.41. The van der Waals surface area contributed by atoms with Gasteiger partial charge in [0.2, 0.25) is 0 Å². The number of hydrogen-bond acceptors (Lipinski definition) is 3. The van der Waals surface area contributed by atoms with Gasteiger partial charge in [0.25, 0.3) is 0 Å². The maximum atomic E-state index is 13.2. The first-order valence-corrected chi connectivity index (χ1v) is 6.42. The molecule has 0 amide bonds. The Hall–Kier alpha value is -2.07. The predicted octanol–water partition coefficient (Wildman–Crippen LogP) is 3.69. The molecule has 0 unspecified atom stereocenters. The Labute approximate surface area is 121 Å². The molecule has 0 aliphatic carbocycles. The van der Waals surface area contributed by atoms with Crippen LogP contribution in [-0.2, 0) is 0 Å². The highest BCUT2D eigenvalue weighted by Gasteiger charge is 2.18. The zero-order chi connectivity index (χ0) is 14.7. The van der Waals surface area contributed by atoms with Crippen molar-refractivity contribution in [2.75, 3.05) is 12.3 Å². The highest BCUT2D eigenvalue weighted by molar-refractivity contribution is 6.31. The second kappa shape index (κ2) is 5.92. The van der Waals surface area contributed by atoms with E-state index in [1.807, 2.05) is 0 Å². The van der Waals surface area contributed by atoms with E-state index in [1.165, 1.54) is 24.3 Å². The number of anilines is 1. The van der Waals surface area contributed by atoms with Crippen molar-refractivity contribution in [1.82, 2.24) is 0 Å². The lowest BCUT2D eigenvalue weighted by molar-refractivity contribution is 0.103. The number of ether oxygens (including phenoxy) is 1. The van der Waals surface area contributed by atoms with E-state index in [2.05, 4.69) is 0 Å².